The van der Waals surface area contributed by atoms with Gasteiger partial charge in [0.1, 0.15) is 6.07 Å². The van der Waals surface area contributed by atoms with Crippen LogP contribution in [0.25, 0.3) is 0 Å². The Hall–Kier alpha value is -1.43. The molecule has 90 valence electrons. The van der Waals surface area contributed by atoms with Crippen LogP contribution >= 0.6 is 15.9 Å². The Labute approximate surface area is 106 Å². The standard InChI is InChI=1S/C9H7BrN2O4S/c10-7-2-1-6(9(13)16-4-3-11)5-8(7)17(12,14)15/h1-2,5H,4H2,(H2,12,14,15). The smallest absolute Gasteiger partial charge is 0.339 e. The van der Waals surface area contributed by atoms with Crippen molar-refractivity contribution in [2.75, 3.05) is 6.61 Å². The highest BCUT2D eigenvalue weighted by Crippen LogP contribution is 2.22. The van der Waals surface area contributed by atoms with Crippen molar-refractivity contribution in [2.45, 2.75) is 4.90 Å². The number of nitriles is 1. The number of benzene rings is 1. The number of esters is 1. The summed E-state index contributed by atoms with van der Waals surface area (Å²) in [6.07, 6.45) is 0. The third-order valence-electron chi connectivity index (χ3n) is 1.74. The molecule has 0 aromatic heterocycles. The fraction of sp³-hybridized carbons (Fsp3) is 0.111. The van der Waals surface area contributed by atoms with E-state index in [1.807, 2.05) is 0 Å². The first kappa shape index (κ1) is 13.6. The van der Waals surface area contributed by atoms with Crippen LogP contribution in [0.5, 0.6) is 0 Å². The van der Waals surface area contributed by atoms with E-state index in [0.29, 0.717) is 0 Å². The average molecular weight is 319 g/mol. The number of ether oxygens (including phenoxy) is 1. The lowest BCUT2D eigenvalue weighted by Gasteiger charge is -2.05. The summed E-state index contributed by atoms with van der Waals surface area (Å²) in [5, 5.41) is 13.2. The maximum absolute atomic E-state index is 11.4. The zero-order chi connectivity index (χ0) is 13.1. The molecule has 8 heteroatoms. The number of nitrogens with zero attached hydrogens (tertiary/aromatic N) is 1. The van der Waals surface area contributed by atoms with Gasteiger partial charge in [0.25, 0.3) is 0 Å². The molecule has 0 unspecified atom stereocenters. The van der Waals surface area contributed by atoms with E-state index in [1.54, 1.807) is 6.07 Å². The fourth-order valence-corrected chi connectivity index (χ4v) is 2.58. The molecule has 0 radical (unpaired) electrons. The molecular formula is C9H7BrN2O4S. The zero-order valence-electron chi connectivity index (χ0n) is 8.38. The molecule has 0 saturated heterocycles. The second-order valence-corrected chi connectivity index (χ2v) is 5.31. The second kappa shape index (κ2) is 5.27. The van der Waals surface area contributed by atoms with Crippen molar-refractivity contribution in [1.29, 1.82) is 5.26 Å². The van der Waals surface area contributed by atoms with Gasteiger partial charge >= 0.3 is 5.97 Å². The second-order valence-electron chi connectivity index (χ2n) is 2.92. The number of sulfonamides is 1. The van der Waals surface area contributed by atoms with Gasteiger partial charge in [-0.25, -0.2) is 18.4 Å². The third kappa shape index (κ3) is 3.52. The molecule has 0 aliphatic heterocycles. The van der Waals surface area contributed by atoms with Crippen LogP contribution in [0.2, 0.25) is 0 Å². The lowest BCUT2D eigenvalue weighted by molar-refractivity contribution is 0.0554. The van der Waals surface area contributed by atoms with Crippen LogP contribution in [0.1, 0.15) is 10.4 Å². The van der Waals surface area contributed by atoms with Gasteiger partial charge in [-0.3, -0.25) is 0 Å². The predicted octanol–water partition coefficient (Wildman–Crippen LogP) is 0.777. The largest absolute Gasteiger partial charge is 0.447 e. The van der Waals surface area contributed by atoms with Crippen molar-refractivity contribution in [1.82, 2.24) is 0 Å². The minimum atomic E-state index is -3.93. The summed E-state index contributed by atoms with van der Waals surface area (Å²) in [4.78, 5) is 11.2. The fourth-order valence-electron chi connectivity index (χ4n) is 1.03. The van der Waals surface area contributed by atoms with E-state index in [0.717, 1.165) is 6.07 Å². The molecule has 0 saturated carbocycles. The Morgan fingerprint density at radius 1 is 1.53 bits per heavy atom. The number of nitrogens with two attached hydrogens (primary N) is 1. The quantitative estimate of drug-likeness (QED) is 0.828. The van der Waals surface area contributed by atoms with Crippen LogP contribution in [0, 0.1) is 11.3 Å². The molecule has 0 spiro atoms. The van der Waals surface area contributed by atoms with Crippen molar-refractivity contribution >= 4 is 31.9 Å². The minimum Gasteiger partial charge on any atom is -0.447 e. The van der Waals surface area contributed by atoms with Crippen molar-refractivity contribution in [3.8, 4) is 6.07 Å². The molecule has 1 aromatic rings. The third-order valence-corrected chi connectivity index (χ3v) is 3.65. The summed E-state index contributed by atoms with van der Waals surface area (Å²) < 4.78 is 27.2. The minimum absolute atomic E-state index is 0.00692. The van der Waals surface area contributed by atoms with Crippen LogP contribution < -0.4 is 5.14 Å². The molecule has 2 N–H and O–H groups in total. The summed E-state index contributed by atoms with van der Waals surface area (Å²) in [6, 6.07) is 5.44. The Morgan fingerprint density at radius 2 is 2.18 bits per heavy atom. The lowest BCUT2D eigenvalue weighted by Crippen LogP contribution is -2.14. The van der Waals surface area contributed by atoms with Crippen LogP contribution in [-0.4, -0.2) is 21.0 Å². The van der Waals surface area contributed by atoms with Gasteiger partial charge in [0.15, 0.2) is 6.61 Å². The van der Waals surface area contributed by atoms with Crippen molar-refractivity contribution in [3.63, 3.8) is 0 Å². The van der Waals surface area contributed by atoms with E-state index in [-0.39, 0.29) is 14.9 Å². The first-order valence-electron chi connectivity index (χ1n) is 4.22. The maximum atomic E-state index is 11.4. The zero-order valence-corrected chi connectivity index (χ0v) is 10.8. The summed E-state index contributed by atoms with van der Waals surface area (Å²) in [5.41, 5.74) is 0.00692. The monoisotopic (exact) mass is 318 g/mol. The maximum Gasteiger partial charge on any atom is 0.339 e. The summed E-state index contributed by atoms with van der Waals surface area (Å²) in [5.74, 6) is -0.788. The van der Waals surface area contributed by atoms with E-state index in [4.69, 9.17) is 10.4 Å². The number of carbonyl (C=O) groups is 1. The first-order chi connectivity index (χ1) is 7.86. The molecule has 0 bridgehead atoms. The number of rotatable bonds is 3. The van der Waals surface area contributed by atoms with Gasteiger partial charge in [-0.2, -0.15) is 5.26 Å². The van der Waals surface area contributed by atoms with Crippen LogP contribution in [-0.2, 0) is 14.8 Å². The molecular weight excluding hydrogens is 312 g/mol. The lowest BCUT2D eigenvalue weighted by atomic mass is 10.2. The van der Waals surface area contributed by atoms with Gasteiger partial charge in [0, 0.05) is 4.47 Å². The summed E-state index contributed by atoms with van der Waals surface area (Å²) >= 11 is 3.00. The molecule has 1 aromatic carbocycles. The average Bonchev–Trinajstić information content (AvgIpc) is 2.25. The van der Waals surface area contributed by atoms with E-state index < -0.39 is 22.6 Å². The highest BCUT2D eigenvalue weighted by molar-refractivity contribution is 9.10. The van der Waals surface area contributed by atoms with Gasteiger partial charge in [-0.15, -0.1) is 0 Å². The molecule has 0 aliphatic rings. The van der Waals surface area contributed by atoms with Crippen molar-refractivity contribution in [3.05, 3.63) is 28.2 Å². The van der Waals surface area contributed by atoms with Gasteiger partial charge < -0.3 is 4.74 Å². The number of hydrogen-bond acceptors (Lipinski definition) is 5. The molecule has 17 heavy (non-hydrogen) atoms. The van der Waals surface area contributed by atoms with Crippen molar-refractivity contribution < 1.29 is 17.9 Å². The first-order valence-corrected chi connectivity index (χ1v) is 6.56. The molecule has 0 amide bonds. The van der Waals surface area contributed by atoms with E-state index in [2.05, 4.69) is 20.7 Å². The molecule has 1 rings (SSSR count). The van der Waals surface area contributed by atoms with E-state index in [9.17, 15) is 13.2 Å². The Kier molecular flexibility index (Phi) is 4.22. The molecule has 0 fully saturated rings. The highest BCUT2D eigenvalue weighted by atomic mass is 79.9. The normalized spacial score (nSPS) is 10.6. The summed E-state index contributed by atoms with van der Waals surface area (Å²) in [6.45, 7) is -0.403. The van der Waals surface area contributed by atoms with Gasteiger partial charge in [0.05, 0.1) is 10.5 Å². The SMILES string of the molecule is N#CCOC(=O)c1ccc(Br)c(S(N)(=O)=O)c1. The van der Waals surface area contributed by atoms with Crippen LogP contribution in [0.4, 0.5) is 0 Å². The number of hydrogen-bond donors (Lipinski definition) is 1. The summed E-state index contributed by atoms with van der Waals surface area (Å²) in [7, 11) is -3.93. The number of carbonyl (C=O) groups excluding carboxylic acids is 1. The molecule has 6 nitrogen and oxygen atoms in total. The molecule has 0 atom stereocenters. The van der Waals surface area contributed by atoms with Crippen molar-refractivity contribution in [2.24, 2.45) is 5.14 Å². The Morgan fingerprint density at radius 3 is 2.71 bits per heavy atom. The van der Waals surface area contributed by atoms with E-state index in [1.165, 1.54) is 12.1 Å². The van der Waals surface area contributed by atoms with Gasteiger partial charge in [-0.1, -0.05) is 0 Å². The predicted molar refractivity (Wildman–Crippen MR) is 61.4 cm³/mol. The van der Waals surface area contributed by atoms with Crippen LogP contribution in [0.3, 0.4) is 0 Å². The van der Waals surface area contributed by atoms with Gasteiger partial charge in [-0.05, 0) is 34.1 Å². The topological polar surface area (TPSA) is 110 Å². The molecule has 0 heterocycles. The Balaban J connectivity index is 3.14. The van der Waals surface area contributed by atoms with Gasteiger partial charge in [0.2, 0.25) is 10.0 Å². The van der Waals surface area contributed by atoms with Crippen LogP contribution in [0.15, 0.2) is 27.6 Å². The Bertz CT molecular complexity index is 592. The molecule has 0 aliphatic carbocycles. The number of halogens is 1. The highest BCUT2D eigenvalue weighted by Gasteiger charge is 2.16. The number of primary sulfonamides is 1. The van der Waals surface area contributed by atoms with E-state index >= 15 is 0 Å².